The fourth-order valence-electron chi connectivity index (χ4n) is 2.95. The Labute approximate surface area is 127 Å². The molecule has 2 heterocycles. The van der Waals surface area contributed by atoms with E-state index in [1.54, 1.807) is 0 Å². The van der Waals surface area contributed by atoms with E-state index in [1.807, 2.05) is 24.5 Å². The number of fused-ring (bicyclic) bond motifs is 1. The molecule has 3 rings (SSSR count). The van der Waals surface area contributed by atoms with Crippen LogP contribution in [0.5, 0.6) is 0 Å². The molecule has 0 bridgehead atoms. The van der Waals surface area contributed by atoms with Crippen LogP contribution in [0.1, 0.15) is 37.8 Å². The molecule has 4 nitrogen and oxygen atoms in total. The van der Waals surface area contributed by atoms with E-state index in [4.69, 9.17) is 0 Å². The highest BCUT2D eigenvalue weighted by atomic mass is 79.9. The summed E-state index contributed by atoms with van der Waals surface area (Å²) >= 11 is 3.48. The minimum absolute atomic E-state index is 0.515. The Morgan fingerprint density at radius 2 is 2.10 bits per heavy atom. The number of nitrogens with zero attached hydrogens (tertiary/aromatic N) is 2. The van der Waals surface area contributed by atoms with E-state index in [-0.39, 0.29) is 0 Å². The molecule has 5 heteroatoms. The van der Waals surface area contributed by atoms with Crippen LogP contribution in [0, 0.1) is 0 Å². The number of hydrogen-bond acceptors (Lipinski definition) is 3. The third-order valence-electron chi connectivity index (χ3n) is 4.09. The molecule has 1 fully saturated rings. The average molecular weight is 338 g/mol. The summed E-state index contributed by atoms with van der Waals surface area (Å²) < 4.78 is 3.11. The van der Waals surface area contributed by atoms with Gasteiger partial charge in [0.2, 0.25) is 0 Å². The Morgan fingerprint density at radius 3 is 2.90 bits per heavy atom. The lowest BCUT2D eigenvalue weighted by atomic mass is 9.85. The van der Waals surface area contributed by atoms with Crippen molar-refractivity contribution in [3.63, 3.8) is 0 Å². The fourth-order valence-corrected chi connectivity index (χ4v) is 3.28. The lowest BCUT2D eigenvalue weighted by molar-refractivity contribution is 0.00461. The van der Waals surface area contributed by atoms with Crippen molar-refractivity contribution in [1.29, 1.82) is 0 Å². The Morgan fingerprint density at radius 1 is 1.30 bits per heavy atom. The third kappa shape index (κ3) is 3.05. The van der Waals surface area contributed by atoms with Gasteiger partial charge in [0.05, 0.1) is 17.5 Å². The van der Waals surface area contributed by atoms with Crippen LogP contribution in [-0.4, -0.2) is 26.6 Å². The van der Waals surface area contributed by atoms with Gasteiger partial charge in [0.25, 0.3) is 0 Å². The number of halogens is 1. The first-order chi connectivity index (χ1) is 9.66. The number of pyridine rings is 1. The molecule has 1 aliphatic carbocycles. The molecule has 2 aromatic heterocycles. The number of imidazole rings is 1. The Hall–Kier alpha value is -0.910. The van der Waals surface area contributed by atoms with Gasteiger partial charge < -0.3 is 14.8 Å². The van der Waals surface area contributed by atoms with Crippen LogP contribution in [0.25, 0.3) is 5.65 Å². The molecular weight excluding hydrogens is 318 g/mol. The molecular formula is C15H20BrN3O. The summed E-state index contributed by atoms with van der Waals surface area (Å²) in [5, 5.41) is 13.8. The van der Waals surface area contributed by atoms with E-state index < -0.39 is 5.60 Å². The van der Waals surface area contributed by atoms with Gasteiger partial charge in [0.1, 0.15) is 5.65 Å². The predicted octanol–water partition coefficient (Wildman–Crippen LogP) is 2.88. The number of aliphatic hydroxyl groups is 1. The highest BCUT2D eigenvalue weighted by Crippen LogP contribution is 2.27. The topological polar surface area (TPSA) is 49.6 Å². The summed E-state index contributed by atoms with van der Waals surface area (Å²) in [4.78, 5) is 4.38. The molecule has 0 spiro atoms. The number of nitrogens with one attached hydrogen (secondary N) is 1. The van der Waals surface area contributed by atoms with E-state index in [9.17, 15) is 5.11 Å². The van der Waals surface area contributed by atoms with E-state index in [0.717, 1.165) is 48.0 Å². The normalized spacial score (nSPS) is 18.5. The maximum Gasteiger partial charge on any atom is 0.136 e. The van der Waals surface area contributed by atoms with E-state index in [1.165, 1.54) is 6.42 Å². The van der Waals surface area contributed by atoms with Crippen LogP contribution in [0.3, 0.4) is 0 Å². The van der Waals surface area contributed by atoms with Gasteiger partial charge in [-0.2, -0.15) is 0 Å². The molecule has 20 heavy (non-hydrogen) atoms. The molecule has 108 valence electrons. The quantitative estimate of drug-likeness (QED) is 0.901. The molecule has 1 aliphatic rings. The van der Waals surface area contributed by atoms with Crippen LogP contribution in [-0.2, 0) is 6.54 Å². The van der Waals surface area contributed by atoms with Crippen LogP contribution in [0.4, 0.5) is 0 Å². The third-order valence-corrected chi connectivity index (χ3v) is 4.56. The zero-order valence-electron chi connectivity index (χ0n) is 11.5. The van der Waals surface area contributed by atoms with E-state index in [0.29, 0.717) is 6.54 Å². The maximum absolute atomic E-state index is 10.5. The van der Waals surface area contributed by atoms with Crippen LogP contribution in [0.2, 0.25) is 0 Å². The fraction of sp³-hybridized carbons (Fsp3) is 0.533. The van der Waals surface area contributed by atoms with Crippen molar-refractivity contribution >= 4 is 21.6 Å². The summed E-state index contributed by atoms with van der Waals surface area (Å²) in [6.07, 6.45) is 9.27. The predicted molar refractivity (Wildman–Crippen MR) is 82.6 cm³/mol. The van der Waals surface area contributed by atoms with Gasteiger partial charge in [-0.25, -0.2) is 4.98 Å². The van der Waals surface area contributed by atoms with Crippen molar-refractivity contribution in [2.75, 3.05) is 6.54 Å². The molecule has 0 radical (unpaired) electrons. The van der Waals surface area contributed by atoms with Gasteiger partial charge in [-0.3, -0.25) is 0 Å². The molecule has 0 atom stereocenters. The summed E-state index contributed by atoms with van der Waals surface area (Å²) in [5.74, 6) is 0. The Kier molecular flexibility index (Phi) is 4.10. The lowest BCUT2D eigenvalue weighted by Crippen LogP contribution is -2.42. The van der Waals surface area contributed by atoms with Gasteiger partial charge in [0.15, 0.2) is 0 Å². The molecule has 0 aliphatic heterocycles. The first-order valence-corrected chi connectivity index (χ1v) is 8.00. The summed E-state index contributed by atoms with van der Waals surface area (Å²) in [6, 6.07) is 3.98. The molecule has 0 amide bonds. The minimum atomic E-state index is -0.515. The molecule has 1 saturated carbocycles. The zero-order valence-corrected chi connectivity index (χ0v) is 13.1. The summed E-state index contributed by atoms with van der Waals surface area (Å²) in [7, 11) is 0. The molecule has 0 unspecified atom stereocenters. The van der Waals surface area contributed by atoms with Gasteiger partial charge in [-0.05, 0) is 40.9 Å². The smallest absolute Gasteiger partial charge is 0.136 e. The van der Waals surface area contributed by atoms with Gasteiger partial charge >= 0.3 is 0 Å². The van der Waals surface area contributed by atoms with Crippen molar-refractivity contribution in [2.45, 2.75) is 44.2 Å². The van der Waals surface area contributed by atoms with Crippen molar-refractivity contribution < 1.29 is 5.11 Å². The average Bonchev–Trinajstić information content (AvgIpc) is 2.82. The van der Waals surface area contributed by atoms with E-state index in [2.05, 4.69) is 30.6 Å². The first kappa shape index (κ1) is 14.0. The summed E-state index contributed by atoms with van der Waals surface area (Å²) in [5.41, 5.74) is 1.54. The van der Waals surface area contributed by atoms with Crippen molar-refractivity contribution in [3.8, 4) is 0 Å². The Bertz CT molecular complexity index is 590. The number of aromatic nitrogens is 2. The van der Waals surface area contributed by atoms with Gasteiger partial charge in [-0.15, -0.1) is 0 Å². The van der Waals surface area contributed by atoms with Gasteiger partial charge in [0, 0.05) is 23.8 Å². The largest absolute Gasteiger partial charge is 0.389 e. The lowest BCUT2D eigenvalue weighted by Gasteiger charge is -2.32. The van der Waals surface area contributed by atoms with Crippen LogP contribution in [0.15, 0.2) is 29.0 Å². The van der Waals surface area contributed by atoms with Crippen LogP contribution >= 0.6 is 15.9 Å². The molecule has 0 saturated heterocycles. The number of hydrogen-bond donors (Lipinski definition) is 2. The molecule has 2 aromatic rings. The zero-order chi connectivity index (χ0) is 14.0. The van der Waals surface area contributed by atoms with Crippen molar-refractivity contribution in [1.82, 2.24) is 14.7 Å². The standard InChI is InChI=1S/C15H20BrN3O/c16-12-4-5-14-18-9-13(19(14)10-12)8-17-11-15(20)6-2-1-3-7-15/h4-5,9-10,17,20H,1-3,6-8,11H2. The maximum atomic E-state index is 10.5. The second-order valence-corrected chi connectivity index (χ2v) is 6.63. The summed E-state index contributed by atoms with van der Waals surface area (Å²) in [6.45, 7) is 1.38. The second-order valence-electron chi connectivity index (χ2n) is 5.71. The highest BCUT2D eigenvalue weighted by Gasteiger charge is 2.28. The van der Waals surface area contributed by atoms with Crippen LogP contribution < -0.4 is 5.32 Å². The first-order valence-electron chi connectivity index (χ1n) is 7.21. The Balaban J connectivity index is 1.63. The second kappa shape index (κ2) is 5.84. The minimum Gasteiger partial charge on any atom is -0.389 e. The van der Waals surface area contributed by atoms with Crippen molar-refractivity contribution in [2.24, 2.45) is 0 Å². The molecule has 2 N–H and O–H groups in total. The highest BCUT2D eigenvalue weighted by molar-refractivity contribution is 9.10. The SMILES string of the molecule is OC1(CNCc2cnc3ccc(Br)cn23)CCCCC1. The molecule has 0 aromatic carbocycles. The monoisotopic (exact) mass is 337 g/mol. The van der Waals surface area contributed by atoms with E-state index >= 15 is 0 Å². The number of rotatable bonds is 4. The van der Waals surface area contributed by atoms with Gasteiger partial charge in [-0.1, -0.05) is 19.3 Å². The van der Waals surface area contributed by atoms with Crippen molar-refractivity contribution in [3.05, 3.63) is 34.7 Å².